The third-order valence-electron chi connectivity index (χ3n) is 5.06. The Morgan fingerprint density at radius 3 is 2.45 bits per heavy atom. The summed E-state index contributed by atoms with van der Waals surface area (Å²) >= 11 is 3.52. The second-order valence-electron chi connectivity index (χ2n) is 7.21. The van der Waals surface area contributed by atoms with Crippen molar-refractivity contribution in [3.63, 3.8) is 0 Å². The highest BCUT2D eigenvalue weighted by Crippen LogP contribution is 2.42. The minimum absolute atomic E-state index is 0.349. The van der Waals surface area contributed by atoms with Gasteiger partial charge in [0, 0.05) is 10.5 Å². The van der Waals surface area contributed by atoms with E-state index in [1.165, 1.54) is 29.3 Å². The van der Waals surface area contributed by atoms with E-state index in [0.717, 1.165) is 18.3 Å². The maximum absolute atomic E-state index is 3.58. The van der Waals surface area contributed by atoms with Gasteiger partial charge < -0.3 is 5.32 Å². The summed E-state index contributed by atoms with van der Waals surface area (Å²) in [5, 5.41) is 3.58. The van der Waals surface area contributed by atoms with Gasteiger partial charge in [0.25, 0.3) is 0 Å². The molecule has 2 rings (SSSR count). The van der Waals surface area contributed by atoms with Gasteiger partial charge in [0.05, 0.1) is 0 Å². The van der Waals surface area contributed by atoms with Crippen LogP contribution in [0.15, 0.2) is 28.7 Å². The number of halogens is 1. The Hall–Kier alpha value is -0.340. The van der Waals surface area contributed by atoms with Gasteiger partial charge in [-0.15, -0.1) is 0 Å². The Kier molecular flexibility index (Phi) is 5.30. The van der Waals surface area contributed by atoms with Crippen LogP contribution in [-0.2, 0) is 6.42 Å². The molecule has 0 heterocycles. The lowest BCUT2D eigenvalue weighted by Crippen LogP contribution is -2.46. The molecule has 0 aliphatic heterocycles. The maximum Gasteiger partial charge on any atom is 0.0175 e. The summed E-state index contributed by atoms with van der Waals surface area (Å²) in [5.74, 6) is 1.64. The third kappa shape index (κ3) is 3.85. The summed E-state index contributed by atoms with van der Waals surface area (Å²) in [7, 11) is 2.13. The molecular weight excluding hydrogens is 310 g/mol. The predicted molar refractivity (Wildman–Crippen MR) is 91.0 cm³/mol. The smallest absolute Gasteiger partial charge is 0.0175 e. The Bertz CT molecular complexity index is 424. The monoisotopic (exact) mass is 337 g/mol. The summed E-state index contributed by atoms with van der Waals surface area (Å²) in [5.41, 5.74) is 1.80. The van der Waals surface area contributed by atoms with Crippen LogP contribution in [0.3, 0.4) is 0 Å². The zero-order valence-electron chi connectivity index (χ0n) is 13.2. The zero-order valence-corrected chi connectivity index (χ0v) is 14.8. The SMILES string of the molecule is CNC1CC(C)CCC1C(C)(C)Cc1ccc(Br)cc1. The summed E-state index contributed by atoms with van der Waals surface area (Å²) in [4.78, 5) is 0. The highest BCUT2D eigenvalue weighted by Gasteiger charge is 2.38. The van der Waals surface area contributed by atoms with Gasteiger partial charge in [-0.3, -0.25) is 0 Å². The van der Waals surface area contributed by atoms with Crippen LogP contribution in [0, 0.1) is 17.3 Å². The lowest BCUT2D eigenvalue weighted by molar-refractivity contribution is 0.0980. The van der Waals surface area contributed by atoms with Gasteiger partial charge in [-0.05, 0) is 61.3 Å². The Balaban J connectivity index is 2.10. The van der Waals surface area contributed by atoms with Gasteiger partial charge in [-0.2, -0.15) is 0 Å². The van der Waals surface area contributed by atoms with Crippen LogP contribution >= 0.6 is 15.9 Å². The molecule has 1 aliphatic carbocycles. The molecule has 0 bridgehead atoms. The van der Waals surface area contributed by atoms with Gasteiger partial charge in [0.2, 0.25) is 0 Å². The molecule has 1 N–H and O–H groups in total. The van der Waals surface area contributed by atoms with Crippen LogP contribution in [0.5, 0.6) is 0 Å². The fourth-order valence-electron chi connectivity index (χ4n) is 3.89. The molecular formula is C18H28BrN. The second-order valence-corrected chi connectivity index (χ2v) is 8.13. The molecule has 1 nitrogen and oxygen atoms in total. The average Bonchev–Trinajstić information content (AvgIpc) is 2.40. The van der Waals surface area contributed by atoms with Crippen molar-refractivity contribution in [3.8, 4) is 0 Å². The van der Waals surface area contributed by atoms with Crippen molar-refractivity contribution >= 4 is 15.9 Å². The molecule has 1 aromatic carbocycles. The lowest BCUT2D eigenvalue weighted by atomic mass is 9.64. The molecule has 20 heavy (non-hydrogen) atoms. The normalized spacial score (nSPS) is 27.6. The number of hydrogen-bond donors (Lipinski definition) is 1. The molecule has 3 unspecified atom stereocenters. The van der Waals surface area contributed by atoms with E-state index in [1.54, 1.807) is 0 Å². The molecule has 0 aromatic heterocycles. The van der Waals surface area contributed by atoms with Crippen molar-refractivity contribution in [2.75, 3.05) is 7.05 Å². The van der Waals surface area contributed by atoms with Crippen LogP contribution in [0.4, 0.5) is 0 Å². The first-order valence-corrected chi connectivity index (χ1v) is 8.63. The minimum atomic E-state index is 0.349. The molecule has 3 atom stereocenters. The Morgan fingerprint density at radius 1 is 1.20 bits per heavy atom. The minimum Gasteiger partial charge on any atom is -0.317 e. The lowest BCUT2D eigenvalue weighted by Gasteiger charge is -2.44. The quantitative estimate of drug-likeness (QED) is 0.811. The average molecular weight is 338 g/mol. The first-order valence-electron chi connectivity index (χ1n) is 7.84. The third-order valence-corrected chi connectivity index (χ3v) is 5.59. The first-order chi connectivity index (χ1) is 9.42. The van der Waals surface area contributed by atoms with Gasteiger partial charge in [0.1, 0.15) is 0 Å². The van der Waals surface area contributed by atoms with E-state index in [1.807, 2.05) is 0 Å². The standard InChI is InChI=1S/C18H28BrN/c1-13-5-10-16(17(11-13)20-4)18(2,3)12-14-6-8-15(19)9-7-14/h6-9,13,16-17,20H,5,10-12H2,1-4H3. The Labute approximate surface area is 132 Å². The van der Waals surface area contributed by atoms with E-state index < -0.39 is 0 Å². The van der Waals surface area contributed by atoms with E-state index >= 15 is 0 Å². The summed E-state index contributed by atoms with van der Waals surface area (Å²) < 4.78 is 1.17. The van der Waals surface area contributed by atoms with Crippen molar-refractivity contribution in [1.82, 2.24) is 5.32 Å². The Morgan fingerprint density at radius 2 is 1.85 bits per heavy atom. The molecule has 112 valence electrons. The largest absolute Gasteiger partial charge is 0.317 e. The molecule has 0 amide bonds. The highest BCUT2D eigenvalue weighted by atomic mass is 79.9. The van der Waals surface area contributed by atoms with E-state index in [2.05, 4.69) is 73.3 Å². The number of benzene rings is 1. The van der Waals surface area contributed by atoms with Gasteiger partial charge in [-0.1, -0.05) is 55.3 Å². The fraction of sp³-hybridized carbons (Fsp3) is 0.667. The molecule has 0 saturated heterocycles. The molecule has 1 aliphatic rings. The molecule has 1 fully saturated rings. The van der Waals surface area contributed by atoms with Gasteiger partial charge in [-0.25, -0.2) is 0 Å². The van der Waals surface area contributed by atoms with E-state index in [9.17, 15) is 0 Å². The zero-order chi connectivity index (χ0) is 14.8. The highest BCUT2D eigenvalue weighted by molar-refractivity contribution is 9.10. The maximum atomic E-state index is 3.58. The number of hydrogen-bond acceptors (Lipinski definition) is 1. The second kappa shape index (κ2) is 6.62. The number of nitrogens with one attached hydrogen (secondary N) is 1. The van der Waals surface area contributed by atoms with Crippen molar-refractivity contribution in [2.24, 2.45) is 17.3 Å². The topological polar surface area (TPSA) is 12.0 Å². The van der Waals surface area contributed by atoms with Crippen molar-refractivity contribution < 1.29 is 0 Å². The van der Waals surface area contributed by atoms with Crippen LogP contribution in [-0.4, -0.2) is 13.1 Å². The molecule has 0 spiro atoms. The van der Waals surface area contributed by atoms with Crippen LogP contribution < -0.4 is 5.32 Å². The van der Waals surface area contributed by atoms with Crippen molar-refractivity contribution in [3.05, 3.63) is 34.3 Å². The van der Waals surface area contributed by atoms with Crippen molar-refractivity contribution in [2.45, 2.75) is 52.5 Å². The van der Waals surface area contributed by atoms with E-state index in [-0.39, 0.29) is 0 Å². The van der Waals surface area contributed by atoms with Gasteiger partial charge in [0.15, 0.2) is 0 Å². The molecule has 1 aromatic rings. The molecule has 1 saturated carbocycles. The number of rotatable bonds is 4. The van der Waals surface area contributed by atoms with Gasteiger partial charge >= 0.3 is 0 Å². The van der Waals surface area contributed by atoms with Crippen LogP contribution in [0.25, 0.3) is 0 Å². The summed E-state index contributed by atoms with van der Waals surface area (Å²) in [6.45, 7) is 7.28. The van der Waals surface area contributed by atoms with Crippen LogP contribution in [0.1, 0.15) is 45.6 Å². The van der Waals surface area contributed by atoms with Crippen LogP contribution in [0.2, 0.25) is 0 Å². The molecule has 2 heteroatoms. The summed E-state index contributed by atoms with van der Waals surface area (Å²) in [6, 6.07) is 9.50. The van der Waals surface area contributed by atoms with E-state index in [4.69, 9.17) is 0 Å². The first kappa shape index (κ1) is 16.0. The fourth-order valence-corrected chi connectivity index (χ4v) is 4.16. The predicted octanol–water partition coefficient (Wildman–Crippen LogP) is 5.04. The van der Waals surface area contributed by atoms with Crippen molar-refractivity contribution in [1.29, 1.82) is 0 Å². The summed E-state index contributed by atoms with van der Waals surface area (Å²) in [6.07, 6.45) is 5.23. The van der Waals surface area contributed by atoms with E-state index in [0.29, 0.717) is 11.5 Å². The molecule has 0 radical (unpaired) electrons.